The standard InChI is InChI=1S/C14H18N4O2S/c1-20-11-5-9-21-13(11)14(19)17-6-2-10(3-7-17)18-8-4-12(15)16-18/h4-5,8-10H,2-3,6-7H2,1H3,(H2,15,16). The predicted molar refractivity (Wildman–Crippen MR) is 81.7 cm³/mol. The molecule has 0 spiro atoms. The quantitative estimate of drug-likeness (QED) is 0.941. The number of hydrogen-bond acceptors (Lipinski definition) is 5. The Morgan fingerprint density at radius 2 is 2.19 bits per heavy atom. The Morgan fingerprint density at radius 3 is 2.81 bits per heavy atom. The zero-order valence-corrected chi connectivity index (χ0v) is 12.7. The van der Waals surface area contributed by atoms with Crippen LogP contribution in [0.15, 0.2) is 23.7 Å². The molecule has 2 aromatic heterocycles. The van der Waals surface area contributed by atoms with Gasteiger partial charge in [0.25, 0.3) is 5.91 Å². The third-order valence-corrected chi connectivity index (χ3v) is 4.68. The molecule has 6 nitrogen and oxygen atoms in total. The molecule has 3 heterocycles. The van der Waals surface area contributed by atoms with E-state index in [1.807, 2.05) is 27.2 Å². The van der Waals surface area contributed by atoms with Crippen molar-refractivity contribution in [2.24, 2.45) is 0 Å². The van der Waals surface area contributed by atoms with Crippen molar-refractivity contribution in [1.82, 2.24) is 14.7 Å². The maximum absolute atomic E-state index is 12.5. The van der Waals surface area contributed by atoms with Gasteiger partial charge in [0.05, 0.1) is 13.2 Å². The van der Waals surface area contributed by atoms with Crippen molar-refractivity contribution in [3.63, 3.8) is 0 Å². The van der Waals surface area contributed by atoms with Crippen LogP contribution < -0.4 is 10.5 Å². The van der Waals surface area contributed by atoms with Crippen LogP contribution in [0.25, 0.3) is 0 Å². The zero-order chi connectivity index (χ0) is 14.8. The molecule has 1 amide bonds. The minimum Gasteiger partial charge on any atom is -0.495 e. The van der Waals surface area contributed by atoms with Gasteiger partial charge in [0, 0.05) is 19.3 Å². The average Bonchev–Trinajstić information content (AvgIpc) is 3.15. The van der Waals surface area contributed by atoms with E-state index in [0.717, 1.165) is 25.9 Å². The van der Waals surface area contributed by atoms with Gasteiger partial charge in [0.2, 0.25) is 0 Å². The fourth-order valence-corrected chi connectivity index (χ4v) is 3.47. The fraction of sp³-hybridized carbons (Fsp3) is 0.429. The third kappa shape index (κ3) is 2.73. The molecule has 0 atom stereocenters. The lowest BCUT2D eigenvalue weighted by Crippen LogP contribution is -2.39. The number of carbonyl (C=O) groups is 1. The van der Waals surface area contributed by atoms with Gasteiger partial charge in [-0.3, -0.25) is 9.48 Å². The summed E-state index contributed by atoms with van der Waals surface area (Å²) in [5, 5.41) is 6.13. The first-order valence-corrected chi connectivity index (χ1v) is 7.78. The second kappa shape index (κ2) is 5.77. The SMILES string of the molecule is COc1ccsc1C(=O)N1CCC(n2ccc(N)n2)CC1. The average molecular weight is 306 g/mol. The normalized spacial score (nSPS) is 16.1. The minimum atomic E-state index is 0.0558. The molecule has 2 N–H and O–H groups in total. The van der Waals surface area contributed by atoms with Gasteiger partial charge in [-0.05, 0) is 30.4 Å². The molecule has 0 saturated carbocycles. The number of ether oxygens (including phenoxy) is 1. The highest BCUT2D eigenvalue weighted by atomic mass is 32.1. The largest absolute Gasteiger partial charge is 0.495 e. The number of hydrogen-bond donors (Lipinski definition) is 1. The van der Waals surface area contributed by atoms with Gasteiger partial charge >= 0.3 is 0 Å². The Morgan fingerprint density at radius 1 is 1.43 bits per heavy atom. The summed E-state index contributed by atoms with van der Waals surface area (Å²) in [5.41, 5.74) is 5.65. The smallest absolute Gasteiger partial charge is 0.267 e. The summed E-state index contributed by atoms with van der Waals surface area (Å²) in [6.45, 7) is 1.45. The van der Waals surface area contributed by atoms with E-state index in [-0.39, 0.29) is 5.91 Å². The zero-order valence-electron chi connectivity index (χ0n) is 11.9. The molecule has 21 heavy (non-hydrogen) atoms. The van der Waals surface area contributed by atoms with E-state index in [1.54, 1.807) is 13.2 Å². The maximum atomic E-state index is 12.5. The van der Waals surface area contributed by atoms with Crippen molar-refractivity contribution in [3.05, 3.63) is 28.6 Å². The number of carbonyl (C=O) groups excluding carboxylic acids is 1. The van der Waals surface area contributed by atoms with E-state index in [9.17, 15) is 4.79 Å². The van der Waals surface area contributed by atoms with E-state index in [1.165, 1.54) is 11.3 Å². The van der Waals surface area contributed by atoms with E-state index in [2.05, 4.69) is 5.10 Å². The number of rotatable bonds is 3. The molecule has 0 radical (unpaired) electrons. The molecule has 0 aliphatic carbocycles. The van der Waals surface area contributed by atoms with Gasteiger partial charge in [-0.15, -0.1) is 11.3 Å². The highest BCUT2D eigenvalue weighted by Gasteiger charge is 2.27. The summed E-state index contributed by atoms with van der Waals surface area (Å²) >= 11 is 1.43. The predicted octanol–water partition coefficient (Wildman–Crippen LogP) is 2.01. The van der Waals surface area contributed by atoms with Crippen molar-refractivity contribution < 1.29 is 9.53 Å². The van der Waals surface area contributed by atoms with Crippen LogP contribution in [0, 0.1) is 0 Å². The molecular formula is C14H18N4O2S. The van der Waals surface area contributed by atoms with E-state index < -0.39 is 0 Å². The number of anilines is 1. The van der Waals surface area contributed by atoms with Crippen LogP contribution in [-0.4, -0.2) is 40.8 Å². The number of thiophene rings is 1. The van der Waals surface area contributed by atoms with Crippen LogP contribution in [0.4, 0.5) is 5.82 Å². The van der Waals surface area contributed by atoms with Gasteiger partial charge in [0.1, 0.15) is 16.4 Å². The Kier molecular flexibility index (Phi) is 3.83. The summed E-state index contributed by atoms with van der Waals surface area (Å²) in [6.07, 6.45) is 3.68. The molecule has 1 aliphatic heterocycles. The highest BCUT2D eigenvalue weighted by molar-refractivity contribution is 7.12. The van der Waals surface area contributed by atoms with E-state index in [0.29, 0.717) is 22.5 Å². The first-order valence-electron chi connectivity index (χ1n) is 6.90. The second-order valence-corrected chi connectivity index (χ2v) is 5.98. The van der Waals surface area contributed by atoms with Crippen LogP contribution in [0.2, 0.25) is 0 Å². The number of nitrogens with zero attached hydrogens (tertiary/aromatic N) is 3. The lowest BCUT2D eigenvalue weighted by atomic mass is 10.1. The number of nitrogens with two attached hydrogens (primary N) is 1. The van der Waals surface area contributed by atoms with Crippen molar-refractivity contribution >= 4 is 23.1 Å². The number of aromatic nitrogens is 2. The highest BCUT2D eigenvalue weighted by Crippen LogP contribution is 2.29. The molecule has 1 saturated heterocycles. The number of nitrogen functional groups attached to an aromatic ring is 1. The number of methoxy groups -OCH3 is 1. The van der Waals surface area contributed by atoms with Gasteiger partial charge < -0.3 is 15.4 Å². The van der Waals surface area contributed by atoms with Crippen LogP contribution in [-0.2, 0) is 0 Å². The Labute approximate surface area is 127 Å². The molecule has 2 aromatic rings. The van der Waals surface area contributed by atoms with Gasteiger partial charge in [-0.25, -0.2) is 0 Å². The van der Waals surface area contributed by atoms with Gasteiger partial charge in [0.15, 0.2) is 0 Å². The first-order chi connectivity index (χ1) is 10.2. The summed E-state index contributed by atoms with van der Waals surface area (Å²) in [7, 11) is 1.59. The molecule has 3 rings (SSSR count). The maximum Gasteiger partial charge on any atom is 0.267 e. The number of likely N-dealkylation sites (tertiary alicyclic amines) is 1. The summed E-state index contributed by atoms with van der Waals surface area (Å²) < 4.78 is 7.13. The van der Waals surface area contributed by atoms with Gasteiger partial charge in [-0.1, -0.05) is 0 Å². The van der Waals surface area contributed by atoms with Crippen molar-refractivity contribution in [2.45, 2.75) is 18.9 Å². The molecular weight excluding hydrogens is 288 g/mol. The molecule has 112 valence electrons. The van der Waals surface area contributed by atoms with Crippen LogP contribution in [0.1, 0.15) is 28.6 Å². The van der Waals surface area contributed by atoms with E-state index in [4.69, 9.17) is 10.5 Å². The van der Waals surface area contributed by atoms with Crippen LogP contribution >= 0.6 is 11.3 Å². The monoisotopic (exact) mass is 306 g/mol. The number of amides is 1. The van der Waals surface area contributed by atoms with Gasteiger partial charge in [-0.2, -0.15) is 5.10 Å². The minimum absolute atomic E-state index is 0.0558. The van der Waals surface area contributed by atoms with Crippen molar-refractivity contribution in [2.75, 3.05) is 25.9 Å². The topological polar surface area (TPSA) is 73.4 Å². The van der Waals surface area contributed by atoms with Crippen molar-refractivity contribution in [3.8, 4) is 5.75 Å². The lowest BCUT2D eigenvalue weighted by molar-refractivity contribution is 0.0692. The van der Waals surface area contributed by atoms with Crippen LogP contribution in [0.3, 0.4) is 0 Å². The number of piperidine rings is 1. The molecule has 1 fully saturated rings. The molecule has 7 heteroatoms. The van der Waals surface area contributed by atoms with E-state index >= 15 is 0 Å². The Bertz CT molecular complexity index is 628. The molecule has 0 bridgehead atoms. The Balaban J connectivity index is 1.64. The molecule has 0 unspecified atom stereocenters. The van der Waals surface area contributed by atoms with Crippen molar-refractivity contribution in [1.29, 1.82) is 0 Å². The summed E-state index contributed by atoms with van der Waals surface area (Å²) in [6, 6.07) is 3.95. The molecule has 0 aromatic carbocycles. The second-order valence-electron chi connectivity index (χ2n) is 5.06. The Hall–Kier alpha value is -2.02. The summed E-state index contributed by atoms with van der Waals surface area (Å²) in [5.74, 6) is 1.25. The molecule has 1 aliphatic rings. The summed E-state index contributed by atoms with van der Waals surface area (Å²) in [4.78, 5) is 15.1. The van der Waals surface area contributed by atoms with Crippen LogP contribution in [0.5, 0.6) is 5.75 Å². The third-order valence-electron chi connectivity index (χ3n) is 3.80. The lowest BCUT2D eigenvalue weighted by Gasteiger charge is -2.32. The fourth-order valence-electron chi connectivity index (χ4n) is 2.65. The first kappa shape index (κ1) is 13.9.